The number of amides is 1. The van der Waals surface area contributed by atoms with Gasteiger partial charge in [-0.3, -0.25) is 9.89 Å². The molecule has 1 aromatic heterocycles. The first-order valence-electron chi connectivity index (χ1n) is 8.65. The number of nitrogens with one attached hydrogen (secondary N) is 1. The number of fused-ring (bicyclic) bond motifs is 1. The number of carbonyl (C=O) groups is 2. The van der Waals surface area contributed by atoms with Crippen molar-refractivity contribution >= 4 is 17.6 Å². The molecular formula is C18H20N4O4. The summed E-state index contributed by atoms with van der Waals surface area (Å²) in [5.74, 6) is -1.09. The Hall–Kier alpha value is -2.87. The third-order valence-corrected chi connectivity index (χ3v) is 4.91. The number of anilines is 1. The predicted octanol–water partition coefficient (Wildman–Crippen LogP) is 1.14. The molecule has 0 radical (unpaired) electrons. The fraction of sp³-hybridized carbons (Fsp3) is 0.389. The number of carbonyl (C=O) groups excluding carboxylic acids is 1. The number of rotatable bonds is 3. The largest absolute Gasteiger partial charge is 0.476 e. The number of para-hydroxylation sites is 1. The first-order valence-corrected chi connectivity index (χ1v) is 8.65. The lowest BCUT2D eigenvalue weighted by Crippen LogP contribution is -2.40. The number of hydrogen-bond donors (Lipinski definition) is 2. The normalized spacial score (nSPS) is 17.1. The smallest absolute Gasteiger partial charge is 0.356 e. The van der Waals surface area contributed by atoms with Crippen molar-refractivity contribution in [3.8, 4) is 0 Å². The summed E-state index contributed by atoms with van der Waals surface area (Å²) >= 11 is 0. The van der Waals surface area contributed by atoms with Crippen LogP contribution in [0.3, 0.4) is 0 Å². The van der Waals surface area contributed by atoms with Gasteiger partial charge in [-0.15, -0.1) is 0 Å². The minimum Gasteiger partial charge on any atom is -0.476 e. The maximum Gasteiger partial charge on any atom is 0.356 e. The Kier molecular flexibility index (Phi) is 4.34. The highest BCUT2D eigenvalue weighted by molar-refractivity contribution is 6.00. The first-order chi connectivity index (χ1) is 12.6. The lowest BCUT2D eigenvalue weighted by atomic mass is 10.0. The minimum atomic E-state index is -1.04. The van der Waals surface area contributed by atoms with E-state index in [-0.39, 0.29) is 11.6 Å². The fourth-order valence-corrected chi connectivity index (χ4v) is 3.57. The van der Waals surface area contributed by atoms with Crippen LogP contribution < -0.4 is 4.90 Å². The molecule has 0 spiro atoms. The molecule has 136 valence electrons. The summed E-state index contributed by atoms with van der Waals surface area (Å²) in [6.07, 6.45) is 0.485. The van der Waals surface area contributed by atoms with Gasteiger partial charge in [0, 0.05) is 30.9 Å². The van der Waals surface area contributed by atoms with Gasteiger partial charge in [-0.05, 0) is 18.6 Å². The number of ether oxygens (including phenoxy) is 1. The van der Waals surface area contributed by atoms with Crippen molar-refractivity contribution < 1.29 is 19.4 Å². The molecule has 1 fully saturated rings. The lowest BCUT2D eigenvalue weighted by Gasteiger charge is -2.32. The number of carboxylic acid groups (broad SMARTS) is 1. The maximum absolute atomic E-state index is 13.1. The van der Waals surface area contributed by atoms with Crippen LogP contribution in [0.1, 0.15) is 32.1 Å². The Bertz CT molecular complexity index is 841. The number of carboxylic acids is 1. The molecule has 0 aliphatic carbocycles. The number of hydrogen-bond acceptors (Lipinski definition) is 5. The third kappa shape index (κ3) is 2.92. The molecule has 1 saturated heterocycles. The number of benzene rings is 1. The van der Waals surface area contributed by atoms with Gasteiger partial charge in [0.25, 0.3) is 5.91 Å². The summed E-state index contributed by atoms with van der Waals surface area (Å²) < 4.78 is 5.40. The first kappa shape index (κ1) is 16.6. The van der Waals surface area contributed by atoms with Crippen molar-refractivity contribution in [1.29, 1.82) is 0 Å². The molecule has 8 nitrogen and oxygen atoms in total. The van der Waals surface area contributed by atoms with E-state index < -0.39 is 5.97 Å². The zero-order chi connectivity index (χ0) is 18.1. The Balaban J connectivity index is 1.58. The quantitative estimate of drug-likeness (QED) is 0.856. The van der Waals surface area contributed by atoms with Crippen molar-refractivity contribution in [3.63, 3.8) is 0 Å². The SMILES string of the molecule is O=C(O)c1n[nH]c2c1CCN(C(=O)c1ccccc1N1CCOCC1)C2. The number of morpholine rings is 1. The van der Waals surface area contributed by atoms with Crippen LogP contribution >= 0.6 is 0 Å². The van der Waals surface area contributed by atoms with Gasteiger partial charge in [-0.2, -0.15) is 5.10 Å². The van der Waals surface area contributed by atoms with E-state index in [1.54, 1.807) is 4.90 Å². The zero-order valence-corrected chi connectivity index (χ0v) is 14.3. The van der Waals surface area contributed by atoms with Crippen molar-refractivity contribution in [3.05, 3.63) is 46.8 Å². The molecule has 0 bridgehead atoms. The Labute approximate surface area is 150 Å². The maximum atomic E-state index is 13.1. The third-order valence-electron chi connectivity index (χ3n) is 4.91. The van der Waals surface area contributed by atoms with E-state index >= 15 is 0 Å². The van der Waals surface area contributed by atoms with Gasteiger partial charge < -0.3 is 19.6 Å². The summed E-state index contributed by atoms with van der Waals surface area (Å²) in [6.45, 7) is 3.65. The second kappa shape index (κ2) is 6.80. The molecule has 2 N–H and O–H groups in total. The van der Waals surface area contributed by atoms with Gasteiger partial charge >= 0.3 is 5.97 Å². The summed E-state index contributed by atoms with van der Waals surface area (Å²) in [6, 6.07) is 7.61. The molecule has 4 rings (SSSR count). The van der Waals surface area contributed by atoms with E-state index in [0.29, 0.717) is 49.5 Å². The van der Waals surface area contributed by atoms with E-state index in [2.05, 4.69) is 15.1 Å². The molecule has 2 aromatic rings. The molecule has 26 heavy (non-hydrogen) atoms. The number of H-pyrrole nitrogens is 1. The molecule has 0 unspecified atom stereocenters. The number of aromatic carboxylic acids is 1. The predicted molar refractivity (Wildman–Crippen MR) is 93.5 cm³/mol. The average Bonchev–Trinajstić information content (AvgIpc) is 3.11. The number of nitrogens with zero attached hydrogens (tertiary/aromatic N) is 3. The van der Waals surface area contributed by atoms with Gasteiger partial charge in [-0.25, -0.2) is 4.79 Å². The monoisotopic (exact) mass is 356 g/mol. The van der Waals surface area contributed by atoms with E-state index in [1.807, 2.05) is 24.3 Å². The molecule has 8 heteroatoms. The van der Waals surface area contributed by atoms with Gasteiger partial charge in [0.2, 0.25) is 0 Å². The van der Waals surface area contributed by atoms with E-state index in [1.165, 1.54) is 0 Å². The molecule has 2 aliphatic heterocycles. The summed E-state index contributed by atoms with van der Waals surface area (Å²) in [5, 5.41) is 15.8. The second-order valence-corrected chi connectivity index (χ2v) is 6.43. The summed E-state index contributed by atoms with van der Waals surface area (Å²) in [7, 11) is 0. The minimum absolute atomic E-state index is 0.0517. The Morgan fingerprint density at radius 3 is 2.69 bits per heavy atom. The van der Waals surface area contributed by atoms with Gasteiger partial charge in [0.1, 0.15) is 0 Å². The Morgan fingerprint density at radius 2 is 1.92 bits per heavy atom. The van der Waals surface area contributed by atoms with Crippen LogP contribution in [0.4, 0.5) is 5.69 Å². The summed E-state index contributed by atoms with van der Waals surface area (Å²) in [4.78, 5) is 28.3. The molecule has 2 aliphatic rings. The van der Waals surface area contributed by atoms with Crippen molar-refractivity contribution in [2.75, 3.05) is 37.7 Å². The average molecular weight is 356 g/mol. The van der Waals surface area contributed by atoms with Crippen LogP contribution in [-0.2, 0) is 17.7 Å². The molecule has 1 amide bonds. The van der Waals surface area contributed by atoms with E-state index in [4.69, 9.17) is 4.74 Å². The van der Waals surface area contributed by atoms with Crippen molar-refractivity contribution in [2.45, 2.75) is 13.0 Å². The zero-order valence-electron chi connectivity index (χ0n) is 14.3. The molecule has 0 atom stereocenters. The van der Waals surface area contributed by atoms with E-state index in [9.17, 15) is 14.7 Å². The molecular weight excluding hydrogens is 336 g/mol. The van der Waals surface area contributed by atoms with E-state index in [0.717, 1.165) is 18.8 Å². The van der Waals surface area contributed by atoms with Gasteiger partial charge in [-0.1, -0.05) is 12.1 Å². The molecule has 3 heterocycles. The van der Waals surface area contributed by atoms with Gasteiger partial charge in [0.05, 0.1) is 31.0 Å². The topological polar surface area (TPSA) is 98.8 Å². The van der Waals surface area contributed by atoms with Crippen LogP contribution in [0.2, 0.25) is 0 Å². The second-order valence-electron chi connectivity index (χ2n) is 6.43. The molecule has 1 aromatic carbocycles. The van der Waals surface area contributed by atoms with Crippen LogP contribution in [0.25, 0.3) is 0 Å². The number of aromatic nitrogens is 2. The fourth-order valence-electron chi connectivity index (χ4n) is 3.57. The number of aromatic amines is 1. The van der Waals surface area contributed by atoms with Crippen LogP contribution in [0.15, 0.2) is 24.3 Å². The highest BCUT2D eigenvalue weighted by Crippen LogP contribution is 2.26. The van der Waals surface area contributed by atoms with Crippen LogP contribution in [-0.4, -0.2) is 64.9 Å². The summed E-state index contributed by atoms with van der Waals surface area (Å²) in [5.41, 5.74) is 3.04. The standard InChI is InChI=1S/C18H20N4O4/c23-17(13-3-1-2-4-15(13)21-7-9-26-10-8-21)22-6-5-12-14(11-22)19-20-16(12)18(24)25/h1-4H,5-11H2,(H,19,20)(H,24,25). The lowest BCUT2D eigenvalue weighted by molar-refractivity contribution is 0.0689. The van der Waals surface area contributed by atoms with Crippen LogP contribution in [0, 0.1) is 0 Å². The highest BCUT2D eigenvalue weighted by atomic mass is 16.5. The highest BCUT2D eigenvalue weighted by Gasteiger charge is 2.29. The van der Waals surface area contributed by atoms with Crippen LogP contribution in [0.5, 0.6) is 0 Å². The van der Waals surface area contributed by atoms with Crippen molar-refractivity contribution in [1.82, 2.24) is 15.1 Å². The Morgan fingerprint density at radius 1 is 1.15 bits per heavy atom. The van der Waals surface area contributed by atoms with Crippen molar-refractivity contribution in [2.24, 2.45) is 0 Å². The van der Waals surface area contributed by atoms with Gasteiger partial charge in [0.15, 0.2) is 5.69 Å². The molecule has 0 saturated carbocycles.